The SMILES string of the molecule is CCOc1ccc(CCN2C(=O)c3cc(C(=O)OC)nn3C[C@@]2(C)C(=O)NC2CCCCC2)cc1. The highest BCUT2D eigenvalue weighted by atomic mass is 16.5. The summed E-state index contributed by atoms with van der Waals surface area (Å²) in [6, 6.07) is 9.31. The summed E-state index contributed by atoms with van der Waals surface area (Å²) in [5.74, 6) is -0.341. The second-order valence-corrected chi connectivity index (χ2v) is 9.43. The Bertz CT molecular complexity index is 1070. The molecule has 1 aliphatic carbocycles. The van der Waals surface area contributed by atoms with E-state index in [0.717, 1.165) is 37.0 Å². The second kappa shape index (κ2) is 10.5. The highest BCUT2D eigenvalue weighted by molar-refractivity contribution is 6.01. The fourth-order valence-corrected chi connectivity index (χ4v) is 4.94. The Balaban J connectivity index is 1.60. The topological polar surface area (TPSA) is 103 Å². The fraction of sp³-hybridized carbons (Fsp3) is 0.538. The third kappa shape index (κ3) is 5.18. The van der Waals surface area contributed by atoms with Gasteiger partial charge in [-0.2, -0.15) is 5.10 Å². The molecule has 1 saturated carbocycles. The van der Waals surface area contributed by atoms with Crippen molar-refractivity contribution in [2.24, 2.45) is 0 Å². The standard InChI is InChI=1S/C26H34N4O5/c1-4-35-20-12-10-18(11-13-20)14-15-29-23(31)22-16-21(24(32)34-3)28-30(22)17-26(29,2)25(33)27-19-8-6-5-7-9-19/h10-13,16,19H,4-9,14-15,17H2,1-3H3,(H,27,33)/t26-/m0/s1. The van der Waals surface area contributed by atoms with Gasteiger partial charge in [-0.05, 0) is 50.8 Å². The van der Waals surface area contributed by atoms with E-state index in [-0.39, 0.29) is 35.8 Å². The number of aromatic nitrogens is 2. The molecule has 1 aromatic heterocycles. The Morgan fingerprint density at radius 2 is 1.89 bits per heavy atom. The molecular weight excluding hydrogens is 448 g/mol. The maximum atomic E-state index is 13.6. The fourth-order valence-electron chi connectivity index (χ4n) is 4.94. The van der Waals surface area contributed by atoms with Crippen LogP contribution in [0, 0.1) is 0 Å². The Kier molecular flexibility index (Phi) is 7.42. The molecule has 1 aliphatic heterocycles. The van der Waals surface area contributed by atoms with Gasteiger partial charge in [0.25, 0.3) is 5.91 Å². The van der Waals surface area contributed by atoms with Crippen LogP contribution in [0.15, 0.2) is 30.3 Å². The van der Waals surface area contributed by atoms with E-state index in [9.17, 15) is 14.4 Å². The molecule has 4 rings (SSSR count). The normalized spacial score (nSPS) is 20.3. The summed E-state index contributed by atoms with van der Waals surface area (Å²) in [6.45, 7) is 4.82. The predicted molar refractivity (Wildman–Crippen MR) is 129 cm³/mol. The summed E-state index contributed by atoms with van der Waals surface area (Å²) in [5, 5.41) is 7.47. The van der Waals surface area contributed by atoms with Gasteiger partial charge in [0.15, 0.2) is 5.69 Å². The number of fused-ring (bicyclic) bond motifs is 1. The smallest absolute Gasteiger partial charge is 0.358 e. The quantitative estimate of drug-likeness (QED) is 0.581. The minimum absolute atomic E-state index is 0.0549. The summed E-state index contributed by atoms with van der Waals surface area (Å²) < 4.78 is 11.8. The molecule has 0 saturated heterocycles. The average Bonchev–Trinajstić information content (AvgIpc) is 3.29. The first-order chi connectivity index (χ1) is 16.9. The van der Waals surface area contributed by atoms with Crippen LogP contribution >= 0.6 is 0 Å². The molecule has 1 N–H and O–H groups in total. The lowest BCUT2D eigenvalue weighted by Crippen LogP contribution is -2.65. The molecular formula is C26H34N4O5. The van der Waals surface area contributed by atoms with Crippen LogP contribution < -0.4 is 10.1 Å². The lowest BCUT2D eigenvalue weighted by Gasteiger charge is -2.44. The number of rotatable bonds is 8. The Labute approximate surface area is 205 Å². The molecule has 9 heteroatoms. The first-order valence-electron chi connectivity index (χ1n) is 12.4. The minimum atomic E-state index is -1.15. The van der Waals surface area contributed by atoms with Crippen LogP contribution in [-0.4, -0.2) is 64.3 Å². The number of hydrogen-bond acceptors (Lipinski definition) is 6. The van der Waals surface area contributed by atoms with Crippen molar-refractivity contribution >= 4 is 17.8 Å². The van der Waals surface area contributed by atoms with E-state index in [1.54, 1.807) is 11.8 Å². The Morgan fingerprint density at radius 3 is 2.54 bits per heavy atom. The lowest BCUT2D eigenvalue weighted by atomic mass is 9.91. The summed E-state index contributed by atoms with van der Waals surface area (Å²) >= 11 is 0. The Morgan fingerprint density at radius 1 is 1.17 bits per heavy atom. The van der Waals surface area contributed by atoms with E-state index in [2.05, 4.69) is 10.4 Å². The highest BCUT2D eigenvalue weighted by Gasteiger charge is 2.48. The zero-order valence-electron chi connectivity index (χ0n) is 20.7. The number of amides is 2. The van der Waals surface area contributed by atoms with Crippen LogP contribution in [0.4, 0.5) is 0 Å². The zero-order chi connectivity index (χ0) is 25.0. The first kappa shape index (κ1) is 24.8. The highest BCUT2D eigenvalue weighted by Crippen LogP contribution is 2.29. The molecule has 1 fully saturated rings. The van der Waals surface area contributed by atoms with Gasteiger partial charge >= 0.3 is 5.97 Å². The predicted octanol–water partition coefficient (Wildman–Crippen LogP) is 2.97. The van der Waals surface area contributed by atoms with Crippen molar-refractivity contribution < 1.29 is 23.9 Å². The number of esters is 1. The van der Waals surface area contributed by atoms with Crippen LogP contribution in [0.25, 0.3) is 0 Å². The molecule has 2 heterocycles. The van der Waals surface area contributed by atoms with Gasteiger partial charge in [-0.3, -0.25) is 14.3 Å². The number of nitrogens with one attached hydrogen (secondary N) is 1. The van der Waals surface area contributed by atoms with Gasteiger partial charge in [0.1, 0.15) is 17.0 Å². The number of carbonyl (C=O) groups is 3. The van der Waals surface area contributed by atoms with Crippen molar-refractivity contribution in [2.45, 2.75) is 70.5 Å². The van der Waals surface area contributed by atoms with E-state index < -0.39 is 11.5 Å². The number of methoxy groups -OCH3 is 1. The largest absolute Gasteiger partial charge is 0.494 e. The molecule has 2 aromatic rings. The molecule has 0 bridgehead atoms. The van der Waals surface area contributed by atoms with Crippen molar-refractivity contribution in [3.8, 4) is 5.75 Å². The second-order valence-electron chi connectivity index (χ2n) is 9.43. The molecule has 1 aromatic carbocycles. The van der Waals surface area contributed by atoms with Crippen molar-refractivity contribution in [1.29, 1.82) is 0 Å². The minimum Gasteiger partial charge on any atom is -0.494 e. The third-order valence-electron chi connectivity index (χ3n) is 6.98. The molecule has 188 valence electrons. The maximum absolute atomic E-state index is 13.6. The van der Waals surface area contributed by atoms with Crippen LogP contribution in [0.3, 0.4) is 0 Å². The molecule has 1 atom stereocenters. The number of hydrogen-bond donors (Lipinski definition) is 1. The molecule has 2 amide bonds. The van der Waals surface area contributed by atoms with Gasteiger partial charge in [-0.15, -0.1) is 0 Å². The zero-order valence-corrected chi connectivity index (χ0v) is 20.7. The third-order valence-corrected chi connectivity index (χ3v) is 6.98. The van der Waals surface area contributed by atoms with Gasteiger partial charge in [0.05, 0.1) is 20.3 Å². The molecule has 0 unspecified atom stereocenters. The van der Waals surface area contributed by atoms with Gasteiger partial charge < -0.3 is 19.7 Å². The number of ether oxygens (including phenoxy) is 2. The number of benzene rings is 1. The summed E-state index contributed by atoms with van der Waals surface area (Å²) in [4.78, 5) is 40.9. The van der Waals surface area contributed by atoms with Crippen LogP contribution in [0.5, 0.6) is 5.75 Å². The summed E-state index contributed by atoms with van der Waals surface area (Å²) in [6.07, 6.45) is 5.83. The van der Waals surface area contributed by atoms with Crippen molar-refractivity contribution in [3.05, 3.63) is 47.3 Å². The maximum Gasteiger partial charge on any atom is 0.358 e. The molecule has 0 spiro atoms. The summed E-state index contributed by atoms with van der Waals surface area (Å²) in [7, 11) is 1.27. The van der Waals surface area contributed by atoms with Crippen LogP contribution in [0.1, 0.15) is 72.5 Å². The Hall–Kier alpha value is -3.36. The first-order valence-corrected chi connectivity index (χ1v) is 12.4. The lowest BCUT2D eigenvalue weighted by molar-refractivity contribution is -0.134. The molecule has 9 nitrogen and oxygen atoms in total. The van der Waals surface area contributed by atoms with E-state index in [0.29, 0.717) is 19.6 Å². The van der Waals surface area contributed by atoms with E-state index in [1.165, 1.54) is 24.3 Å². The molecule has 0 radical (unpaired) electrons. The molecule has 2 aliphatic rings. The van der Waals surface area contributed by atoms with E-state index >= 15 is 0 Å². The monoisotopic (exact) mass is 482 g/mol. The average molecular weight is 483 g/mol. The van der Waals surface area contributed by atoms with Crippen LogP contribution in [0.2, 0.25) is 0 Å². The van der Waals surface area contributed by atoms with Crippen molar-refractivity contribution in [2.75, 3.05) is 20.3 Å². The van der Waals surface area contributed by atoms with E-state index in [4.69, 9.17) is 9.47 Å². The number of carbonyl (C=O) groups excluding carboxylic acids is 3. The van der Waals surface area contributed by atoms with E-state index in [1.807, 2.05) is 31.2 Å². The molecule has 35 heavy (non-hydrogen) atoms. The van der Waals surface area contributed by atoms with Gasteiger partial charge in [-0.25, -0.2) is 4.79 Å². The van der Waals surface area contributed by atoms with Gasteiger partial charge in [-0.1, -0.05) is 31.4 Å². The van der Waals surface area contributed by atoms with Gasteiger partial charge in [0.2, 0.25) is 5.91 Å². The van der Waals surface area contributed by atoms with Crippen LogP contribution in [-0.2, 0) is 22.5 Å². The number of nitrogens with zero attached hydrogens (tertiary/aromatic N) is 3. The van der Waals surface area contributed by atoms with Gasteiger partial charge in [0, 0.05) is 18.7 Å². The van der Waals surface area contributed by atoms with Crippen molar-refractivity contribution in [1.82, 2.24) is 20.0 Å². The van der Waals surface area contributed by atoms with Crippen molar-refractivity contribution in [3.63, 3.8) is 0 Å². The summed E-state index contributed by atoms with van der Waals surface area (Å²) in [5.41, 5.74) is 0.219.